The lowest BCUT2D eigenvalue weighted by Crippen LogP contribution is -2.38. The Morgan fingerprint density at radius 3 is 1.87 bits per heavy atom. The highest BCUT2D eigenvalue weighted by Gasteiger charge is 2.53. The van der Waals surface area contributed by atoms with Gasteiger partial charge in [0.15, 0.2) is 18.0 Å². The van der Waals surface area contributed by atoms with Gasteiger partial charge in [0.25, 0.3) is 5.69 Å². The van der Waals surface area contributed by atoms with E-state index >= 15 is 0 Å². The van der Waals surface area contributed by atoms with E-state index in [-0.39, 0.29) is 5.69 Å². The second-order valence-corrected chi connectivity index (χ2v) is 4.87. The van der Waals surface area contributed by atoms with Crippen molar-refractivity contribution in [1.29, 1.82) is 0 Å². The standard InChI is InChI=1S/C14H15NO8/c1-14(8-4-6-9(7-5-8)15(18)19)22-10(12(16)20-2)11(23-14)13(17)21-3/h4-7,10-11H,1-3H3. The van der Waals surface area contributed by atoms with Crippen molar-refractivity contribution in [3.05, 3.63) is 39.9 Å². The van der Waals surface area contributed by atoms with E-state index in [2.05, 4.69) is 9.47 Å². The molecule has 9 heteroatoms. The van der Waals surface area contributed by atoms with Gasteiger partial charge < -0.3 is 18.9 Å². The third-order valence-electron chi connectivity index (χ3n) is 3.45. The molecule has 9 nitrogen and oxygen atoms in total. The molecule has 0 radical (unpaired) electrons. The summed E-state index contributed by atoms with van der Waals surface area (Å²) in [7, 11) is 2.31. The number of ether oxygens (including phenoxy) is 4. The Morgan fingerprint density at radius 2 is 1.52 bits per heavy atom. The van der Waals surface area contributed by atoms with E-state index in [0.29, 0.717) is 5.56 Å². The first-order valence-electron chi connectivity index (χ1n) is 6.58. The van der Waals surface area contributed by atoms with Gasteiger partial charge in [-0.3, -0.25) is 10.1 Å². The van der Waals surface area contributed by atoms with Crippen LogP contribution >= 0.6 is 0 Å². The number of carbonyl (C=O) groups is 2. The Hall–Kier alpha value is -2.52. The summed E-state index contributed by atoms with van der Waals surface area (Å²) < 4.78 is 20.3. The van der Waals surface area contributed by atoms with Crippen LogP contribution in [0.5, 0.6) is 0 Å². The van der Waals surface area contributed by atoms with Crippen LogP contribution in [0.4, 0.5) is 5.69 Å². The van der Waals surface area contributed by atoms with E-state index in [1.54, 1.807) is 0 Å². The molecule has 124 valence electrons. The number of esters is 2. The monoisotopic (exact) mass is 325 g/mol. The van der Waals surface area contributed by atoms with Crippen molar-refractivity contribution in [3.8, 4) is 0 Å². The van der Waals surface area contributed by atoms with Gasteiger partial charge in [-0.25, -0.2) is 9.59 Å². The molecule has 1 aliphatic heterocycles. The fourth-order valence-corrected chi connectivity index (χ4v) is 2.23. The Bertz CT molecular complexity index is 602. The van der Waals surface area contributed by atoms with Gasteiger partial charge in [-0.05, 0) is 19.1 Å². The molecule has 0 amide bonds. The summed E-state index contributed by atoms with van der Waals surface area (Å²) in [6.07, 6.45) is -2.60. The minimum absolute atomic E-state index is 0.107. The predicted molar refractivity (Wildman–Crippen MR) is 74.2 cm³/mol. The Labute approximate surface area is 131 Å². The third-order valence-corrected chi connectivity index (χ3v) is 3.45. The summed E-state index contributed by atoms with van der Waals surface area (Å²) in [6.45, 7) is 1.49. The maximum Gasteiger partial charge on any atom is 0.338 e. The zero-order valence-electron chi connectivity index (χ0n) is 12.7. The molecule has 2 unspecified atom stereocenters. The largest absolute Gasteiger partial charge is 0.467 e. The smallest absolute Gasteiger partial charge is 0.338 e. The summed E-state index contributed by atoms with van der Waals surface area (Å²) >= 11 is 0. The summed E-state index contributed by atoms with van der Waals surface area (Å²) in [5.41, 5.74) is 0.299. The van der Waals surface area contributed by atoms with E-state index in [1.807, 2.05) is 0 Å². The van der Waals surface area contributed by atoms with Gasteiger partial charge in [0.1, 0.15) is 0 Å². The fourth-order valence-electron chi connectivity index (χ4n) is 2.23. The van der Waals surface area contributed by atoms with Crippen LogP contribution in [0.3, 0.4) is 0 Å². The number of non-ortho nitro benzene ring substituents is 1. The van der Waals surface area contributed by atoms with Crippen LogP contribution in [0.1, 0.15) is 12.5 Å². The van der Waals surface area contributed by atoms with Crippen molar-refractivity contribution < 1.29 is 33.5 Å². The van der Waals surface area contributed by atoms with Gasteiger partial charge in [0, 0.05) is 17.7 Å². The topological polar surface area (TPSA) is 114 Å². The highest BCUT2D eigenvalue weighted by atomic mass is 16.8. The number of hydrogen-bond acceptors (Lipinski definition) is 8. The molecule has 1 saturated heterocycles. The zero-order valence-corrected chi connectivity index (χ0v) is 12.7. The highest BCUT2D eigenvalue weighted by Crippen LogP contribution is 2.38. The Balaban J connectivity index is 2.32. The summed E-state index contributed by atoms with van der Waals surface area (Å²) in [4.78, 5) is 33.7. The minimum Gasteiger partial charge on any atom is -0.467 e. The van der Waals surface area contributed by atoms with Gasteiger partial charge in [-0.2, -0.15) is 0 Å². The SMILES string of the molecule is COC(=O)C1OC(C)(c2ccc([N+](=O)[O-])cc2)OC1C(=O)OC. The molecule has 2 atom stereocenters. The molecule has 0 bridgehead atoms. The quantitative estimate of drug-likeness (QED) is 0.455. The van der Waals surface area contributed by atoms with E-state index in [0.717, 1.165) is 14.2 Å². The third kappa shape index (κ3) is 3.15. The molecule has 0 spiro atoms. The first-order valence-corrected chi connectivity index (χ1v) is 6.58. The molecule has 1 heterocycles. The van der Waals surface area contributed by atoms with Crippen LogP contribution in [-0.4, -0.2) is 43.3 Å². The lowest BCUT2D eigenvalue weighted by atomic mass is 10.1. The lowest BCUT2D eigenvalue weighted by Gasteiger charge is -2.23. The highest BCUT2D eigenvalue weighted by molar-refractivity contribution is 5.86. The second kappa shape index (κ2) is 6.31. The van der Waals surface area contributed by atoms with E-state index < -0.39 is 34.9 Å². The van der Waals surface area contributed by atoms with Crippen molar-refractivity contribution in [2.45, 2.75) is 24.9 Å². The van der Waals surface area contributed by atoms with Crippen molar-refractivity contribution in [1.82, 2.24) is 0 Å². The molecule has 1 aromatic rings. The summed E-state index contributed by atoms with van der Waals surface area (Å²) in [5.74, 6) is -3.02. The van der Waals surface area contributed by atoms with Crippen molar-refractivity contribution in [2.24, 2.45) is 0 Å². The van der Waals surface area contributed by atoms with Gasteiger partial charge in [0.05, 0.1) is 19.1 Å². The maximum atomic E-state index is 11.8. The Morgan fingerprint density at radius 1 is 1.09 bits per heavy atom. The molecular weight excluding hydrogens is 310 g/mol. The van der Waals surface area contributed by atoms with Crippen LogP contribution < -0.4 is 0 Å². The van der Waals surface area contributed by atoms with Gasteiger partial charge >= 0.3 is 11.9 Å². The number of methoxy groups -OCH3 is 2. The number of benzene rings is 1. The van der Waals surface area contributed by atoms with Crippen LogP contribution in [0.2, 0.25) is 0 Å². The molecule has 1 fully saturated rings. The van der Waals surface area contributed by atoms with Crippen molar-refractivity contribution in [2.75, 3.05) is 14.2 Å². The molecule has 0 aliphatic carbocycles. The summed E-state index contributed by atoms with van der Waals surface area (Å²) in [6, 6.07) is 5.39. The van der Waals surface area contributed by atoms with Crippen LogP contribution in [-0.2, 0) is 34.3 Å². The summed E-state index contributed by atoms with van der Waals surface area (Å²) in [5, 5.41) is 10.7. The predicted octanol–water partition coefficient (Wildman–Crippen LogP) is 0.897. The zero-order chi connectivity index (χ0) is 17.2. The van der Waals surface area contributed by atoms with E-state index in [9.17, 15) is 19.7 Å². The van der Waals surface area contributed by atoms with Crippen molar-refractivity contribution in [3.63, 3.8) is 0 Å². The lowest BCUT2D eigenvalue weighted by molar-refractivity contribution is -0.384. The van der Waals surface area contributed by atoms with Gasteiger partial charge in [-0.15, -0.1) is 0 Å². The first kappa shape index (κ1) is 16.8. The fraction of sp³-hybridized carbons (Fsp3) is 0.429. The molecule has 2 rings (SSSR count). The number of nitro groups is 1. The molecule has 1 aromatic carbocycles. The Kier molecular flexibility index (Phi) is 4.62. The minimum atomic E-state index is -1.45. The number of hydrogen-bond donors (Lipinski definition) is 0. The van der Waals surface area contributed by atoms with E-state index in [1.165, 1.54) is 31.2 Å². The average molecular weight is 325 g/mol. The first-order chi connectivity index (χ1) is 10.8. The molecule has 23 heavy (non-hydrogen) atoms. The molecular formula is C14H15NO8. The number of nitro benzene ring substituents is 1. The van der Waals surface area contributed by atoms with E-state index in [4.69, 9.17) is 9.47 Å². The van der Waals surface area contributed by atoms with Crippen LogP contribution in [0.25, 0.3) is 0 Å². The number of carbonyl (C=O) groups excluding carboxylic acids is 2. The van der Waals surface area contributed by atoms with Crippen LogP contribution in [0, 0.1) is 10.1 Å². The normalized spacial score (nSPS) is 26.6. The molecule has 0 aromatic heterocycles. The van der Waals surface area contributed by atoms with Crippen LogP contribution in [0.15, 0.2) is 24.3 Å². The molecule has 1 aliphatic rings. The second-order valence-electron chi connectivity index (χ2n) is 4.87. The number of nitrogens with zero attached hydrogens (tertiary/aromatic N) is 1. The molecule has 0 N–H and O–H groups in total. The number of rotatable bonds is 4. The van der Waals surface area contributed by atoms with Gasteiger partial charge in [-0.1, -0.05) is 0 Å². The maximum absolute atomic E-state index is 11.8. The molecule has 0 saturated carbocycles. The van der Waals surface area contributed by atoms with Crippen molar-refractivity contribution >= 4 is 17.6 Å². The average Bonchev–Trinajstić information content (AvgIpc) is 2.92. The van der Waals surface area contributed by atoms with Gasteiger partial charge in [0.2, 0.25) is 0 Å².